The predicted molar refractivity (Wildman–Crippen MR) is 85.0 cm³/mol. The fraction of sp³-hybridized carbons (Fsp3) is 0.579. The van der Waals surface area contributed by atoms with Crippen molar-refractivity contribution in [1.82, 2.24) is 0 Å². The minimum absolute atomic E-state index is 0.713. The van der Waals surface area contributed by atoms with Crippen LogP contribution < -0.4 is 4.74 Å². The summed E-state index contributed by atoms with van der Waals surface area (Å²) in [5, 5.41) is 0. The number of rotatable bonds is 6. The number of hydrogen-bond donors (Lipinski definition) is 0. The Morgan fingerprint density at radius 3 is 2.45 bits per heavy atom. The molecule has 0 bridgehead atoms. The van der Waals surface area contributed by atoms with Crippen LogP contribution in [0.2, 0.25) is 0 Å². The fourth-order valence-corrected chi connectivity index (χ4v) is 3.10. The van der Waals surface area contributed by atoms with Crippen LogP contribution in [-0.4, -0.2) is 6.61 Å². The molecule has 20 heavy (non-hydrogen) atoms. The lowest BCUT2D eigenvalue weighted by Crippen LogP contribution is -2.12. The van der Waals surface area contributed by atoms with Crippen LogP contribution in [-0.2, 0) is 0 Å². The van der Waals surface area contributed by atoms with Gasteiger partial charge in [-0.2, -0.15) is 0 Å². The van der Waals surface area contributed by atoms with Gasteiger partial charge in [0.1, 0.15) is 5.75 Å². The Hall–Kier alpha value is -1.42. The van der Waals surface area contributed by atoms with Gasteiger partial charge in [0, 0.05) is 6.42 Å². The van der Waals surface area contributed by atoms with E-state index < -0.39 is 0 Å². The highest BCUT2D eigenvalue weighted by atomic mass is 16.5. The van der Waals surface area contributed by atoms with Gasteiger partial charge in [0.25, 0.3) is 0 Å². The summed E-state index contributed by atoms with van der Waals surface area (Å²) in [6.45, 7) is 3.03. The summed E-state index contributed by atoms with van der Waals surface area (Å²) >= 11 is 0. The van der Waals surface area contributed by atoms with Gasteiger partial charge < -0.3 is 4.74 Å². The molecule has 1 aromatic rings. The molecule has 0 atom stereocenters. The average molecular weight is 270 g/mol. The Kier molecular flexibility index (Phi) is 5.99. The highest BCUT2D eigenvalue weighted by Crippen LogP contribution is 2.37. The summed E-state index contributed by atoms with van der Waals surface area (Å²) in [7, 11) is 0. The van der Waals surface area contributed by atoms with Gasteiger partial charge in [-0.1, -0.05) is 25.5 Å². The van der Waals surface area contributed by atoms with Crippen molar-refractivity contribution >= 4 is 0 Å². The molecule has 1 saturated carbocycles. The molecule has 1 aliphatic carbocycles. The van der Waals surface area contributed by atoms with E-state index in [0.29, 0.717) is 6.61 Å². The van der Waals surface area contributed by atoms with E-state index in [1.165, 1.54) is 37.7 Å². The Balaban J connectivity index is 1.81. The molecule has 0 unspecified atom stereocenters. The molecule has 0 aromatic heterocycles. The minimum atomic E-state index is 0.713. The summed E-state index contributed by atoms with van der Waals surface area (Å²) in [6.07, 6.45) is 13.8. The zero-order valence-corrected chi connectivity index (χ0v) is 12.6. The molecular formula is C19H26O. The second-order valence-electron chi connectivity index (χ2n) is 5.85. The maximum absolute atomic E-state index is 5.69. The molecule has 1 fully saturated rings. The Bertz CT molecular complexity index is 418. The molecule has 0 N–H and O–H groups in total. The monoisotopic (exact) mass is 270 g/mol. The van der Waals surface area contributed by atoms with Crippen molar-refractivity contribution in [2.24, 2.45) is 5.92 Å². The molecule has 0 amide bonds. The van der Waals surface area contributed by atoms with Crippen LogP contribution in [0.25, 0.3) is 0 Å². The molecule has 1 heteroatoms. The van der Waals surface area contributed by atoms with Crippen molar-refractivity contribution in [2.45, 2.75) is 57.8 Å². The molecule has 0 heterocycles. The summed E-state index contributed by atoms with van der Waals surface area (Å²) < 4.78 is 5.69. The third kappa shape index (κ3) is 4.30. The first-order chi connectivity index (χ1) is 9.83. The van der Waals surface area contributed by atoms with Gasteiger partial charge in [0.15, 0.2) is 0 Å². The predicted octanol–water partition coefficient (Wildman–Crippen LogP) is 5.16. The van der Waals surface area contributed by atoms with E-state index in [-0.39, 0.29) is 0 Å². The van der Waals surface area contributed by atoms with Crippen LogP contribution in [0.15, 0.2) is 24.3 Å². The first-order valence-corrected chi connectivity index (χ1v) is 7.99. The van der Waals surface area contributed by atoms with Crippen molar-refractivity contribution in [2.75, 3.05) is 6.61 Å². The summed E-state index contributed by atoms with van der Waals surface area (Å²) in [4.78, 5) is 0. The third-order valence-corrected chi connectivity index (χ3v) is 4.51. The standard InChI is InChI=1S/C19H26O/c1-3-5-6-15-20-19-13-11-18(12-14-19)17-9-7-16(4-2)8-10-17/h1,11-14,16-17H,4-10,15H2,2H3. The highest BCUT2D eigenvalue weighted by Gasteiger charge is 2.21. The average Bonchev–Trinajstić information content (AvgIpc) is 2.52. The molecule has 2 rings (SSSR count). The van der Waals surface area contributed by atoms with Gasteiger partial charge in [-0.3, -0.25) is 0 Å². The normalized spacial score (nSPS) is 22.2. The van der Waals surface area contributed by atoms with Crippen LogP contribution in [0.3, 0.4) is 0 Å². The van der Waals surface area contributed by atoms with E-state index in [9.17, 15) is 0 Å². The van der Waals surface area contributed by atoms with E-state index in [4.69, 9.17) is 11.2 Å². The minimum Gasteiger partial charge on any atom is -0.494 e. The highest BCUT2D eigenvalue weighted by molar-refractivity contribution is 5.29. The fourth-order valence-electron chi connectivity index (χ4n) is 3.10. The molecule has 0 spiro atoms. The topological polar surface area (TPSA) is 9.23 Å². The molecule has 1 nitrogen and oxygen atoms in total. The molecule has 0 radical (unpaired) electrons. The van der Waals surface area contributed by atoms with Crippen molar-refractivity contribution in [3.63, 3.8) is 0 Å². The van der Waals surface area contributed by atoms with Crippen LogP contribution in [0.4, 0.5) is 0 Å². The maximum atomic E-state index is 5.69. The van der Waals surface area contributed by atoms with Gasteiger partial charge in [0.2, 0.25) is 0 Å². The molecular weight excluding hydrogens is 244 g/mol. The van der Waals surface area contributed by atoms with E-state index in [1.807, 2.05) is 0 Å². The van der Waals surface area contributed by atoms with E-state index in [1.54, 1.807) is 0 Å². The Morgan fingerprint density at radius 2 is 1.85 bits per heavy atom. The van der Waals surface area contributed by atoms with Gasteiger partial charge in [0.05, 0.1) is 6.61 Å². The second-order valence-corrected chi connectivity index (χ2v) is 5.85. The molecule has 0 aliphatic heterocycles. The molecule has 0 saturated heterocycles. The lowest BCUT2D eigenvalue weighted by Gasteiger charge is -2.28. The molecule has 108 valence electrons. The summed E-state index contributed by atoms with van der Waals surface area (Å²) in [5.41, 5.74) is 1.48. The van der Waals surface area contributed by atoms with Gasteiger partial charge in [-0.25, -0.2) is 0 Å². The number of unbranched alkanes of at least 4 members (excludes halogenated alkanes) is 1. The largest absolute Gasteiger partial charge is 0.494 e. The SMILES string of the molecule is C#CCCCOc1ccc(C2CCC(CC)CC2)cc1. The van der Waals surface area contributed by atoms with Crippen molar-refractivity contribution in [3.8, 4) is 18.1 Å². The Labute approximate surface area is 123 Å². The first kappa shape index (κ1) is 15.0. The zero-order chi connectivity index (χ0) is 14.2. The van der Waals surface area contributed by atoms with Crippen LogP contribution in [0, 0.1) is 18.3 Å². The third-order valence-electron chi connectivity index (χ3n) is 4.51. The smallest absolute Gasteiger partial charge is 0.119 e. The van der Waals surface area contributed by atoms with Crippen molar-refractivity contribution in [1.29, 1.82) is 0 Å². The van der Waals surface area contributed by atoms with Gasteiger partial charge in [-0.05, 0) is 61.6 Å². The first-order valence-electron chi connectivity index (χ1n) is 7.99. The van der Waals surface area contributed by atoms with E-state index in [2.05, 4.69) is 37.1 Å². The van der Waals surface area contributed by atoms with Crippen LogP contribution in [0.5, 0.6) is 5.75 Å². The molecule has 1 aliphatic rings. The summed E-state index contributed by atoms with van der Waals surface area (Å²) in [6, 6.07) is 8.70. The number of hydrogen-bond acceptors (Lipinski definition) is 1. The zero-order valence-electron chi connectivity index (χ0n) is 12.6. The maximum Gasteiger partial charge on any atom is 0.119 e. The summed E-state index contributed by atoms with van der Waals surface area (Å²) in [5.74, 6) is 5.32. The van der Waals surface area contributed by atoms with Crippen molar-refractivity contribution < 1.29 is 4.74 Å². The number of terminal acetylenes is 1. The second kappa shape index (κ2) is 8.00. The number of benzene rings is 1. The van der Waals surface area contributed by atoms with Gasteiger partial charge >= 0.3 is 0 Å². The molecule has 1 aromatic carbocycles. The van der Waals surface area contributed by atoms with Crippen LogP contribution >= 0.6 is 0 Å². The van der Waals surface area contributed by atoms with Crippen molar-refractivity contribution in [3.05, 3.63) is 29.8 Å². The number of ether oxygens (including phenoxy) is 1. The van der Waals surface area contributed by atoms with Gasteiger partial charge in [-0.15, -0.1) is 12.3 Å². The lowest BCUT2D eigenvalue weighted by molar-refractivity contribution is 0.310. The quantitative estimate of drug-likeness (QED) is 0.512. The lowest BCUT2D eigenvalue weighted by atomic mass is 9.78. The van der Waals surface area contributed by atoms with E-state index in [0.717, 1.165) is 30.4 Å². The van der Waals surface area contributed by atoms with E-state index >= 15 is 0 Å². The van der Waals surface area contributed by atoms with Crippen LogP contribution in [0.1, 0.15) is 63.4 Å². The Morgan fingerprint density at radius 1 is 1.15 bits per heavy atom.